The summed E-state index contributed by atoms with van der Waals surface area (Å²) in [6.45, 7) is 0. The van der Waals surface area contributed by atoms with Crippen LogP contribution in [0.5, 0.6) is 11.5 Å². The van der Waals surface area contributed by atoms with E-state index in [4.69, 9.17) is 0 Å². The summed E-state index contributed by atoms with van der Waals surface area (Å²) in [4.78, 5) is 4.38. The summed E-state index contributed by atoms with van der Waals surface area (Å²) in [7, 11) is 0. The number of rotatable bonds is 2. The summed E-state index contributed by atoms with van der Waals surface area (Å²) in [6, 6.07) is 10.4. The van der Waals surface area contributed by atoms with Gasteiger partial charge in [0.15, 0.2) is 11.4 Å². The second-order valence-electron chi connectivity index (χ2n) is 4.20. The molecule has 4 heteroatoms. The van der Waals surface area contributed by atoms with Crippen LogP contribution in [0, 0.1) is 0 Å². The Labute approximate surface area is 104 Å². The van der Waals surface area contributed by atoms with E-state index >= 15 is 0 Å². The maximum absolute atomic E-state index is 9.67. The average Bonchev–Trinajstić information content (AvgIpc) is 2.76. The average molecular weight is 240 g/mol. The molecule has 1 aromatic carbocycles. The first-order valence-corrected chi connectivity index (χ1v) is 5.66. The van der Waals surface area contributed by atoms with E-state index in [-0.39, 0.29) is 11.5 Å². The Morgan fingerprint density at radius 2 is 1.83 bits per heavy atom. The number of phenolic OH excluding ortho intramolecular Hbond substituents is 1. The number of imidazole rings is 1. The third-order valence-corrected chi connectivity index (χ3v) is 2.83. The Morgan fingerprint density at radius 3 is 2.56 bits per heavy atom. The normalized spacial score (nSPS) is 10.9. The lowest BCUT2D eigenvalue weighted by Crippen LogP contribution is -1.87. The van der Waals surface area contributed by atoms with Crippen LogP contribution in [-0.2, 0) is 6.42 Å². The van der Waals surface area contributed by atoms with Gasteiger partial charge < -0.3 is 14.6 Å². The molecule has 90 valence electrons. The molecule has 0 saturated heterocycles. The molecule has 0 fully saturated rings. The van der Waals surface area contributed by atoms with E-state index in [0.29, 0.717) is 12.1 Å². The number of aromatic hydroxyl groups is 2. The molecule has 0 saturated carbocycles. The van der Waals surface area contributed by atoms with Crippen molar-refractivity contribution >= 4 is 5.65 Å². The zero-order valence-corrected chi connectivity index (χ0v) is 9.61. The van der Waals surface area contributed by atoms with Gasteiger partial charge in [-0.25, -0.2) is 4.98 Å². The molecule has 0 atom stereocenters. The summed E-state index contributed by atoms with van der Waals surface area (Å²) in [5, 5.41) is 18.9. The molecular weight excluding hydrogens is 228 g/mol. The number of hydrogen-bond donors (Lipinski definition) is 2. The van der Waals surface area contributed by atoms with E-state index < -0.39 is 0 Å². The first-order chi connectivity index (χ1) is 8.72. The van der Waals surface area contributed by atoms with E-state index in [1.807, 2.05) is 24.5 Å². The smallest absolute Gasteiger partial charge is 0.179 e. The number of hydrogen-bond acceptors (Lipinski definition) is 3. The highest BCUT2D eigenvalue weighted by atomic mass is 16.3. The van der Waals surface area contributed by atoms with Crippen LogP contribution in [0.15, 0.2) is 48.8 Å². The van der Waals surface area contributed by atoms with Gasteiger partial charge in [0.25, 0.3) is 0 Å². The van der Waals surface area contributed by atoms with E-state index in [2.05, 4.69) is 4.98 Å². The molecule has 0 radical (unpaired) electrons. The molecule has 2 heterocycles. The van der Waals surface area contributed by atoms with Crippen molar-refractivity contribution in [1.82, 2.24) is 9.38 Å². The predicted octanol–water partition coefficient (Wildman–Crippen LogP) is 2.34. The summed E-state index contributed by atoms with van der Waals surface area (Å²) < 4.78 is 1.80. The Balaban J connectivity index is 1.95. The van der Waals surface area contributed by atoms with Crippen LogP contribution < -0.4 is 0 Å². The summed E-state index contributed by atoms with van der Waals surface area (Å²) in [5.41, 5.74) is 2.50. The molecule has 0 aliphatic carbocycles. The molecule has 0 unspecified atom stereocenters. The predicted molar refractivity (Wildman–Crippen MR) is 67.8 cm³/mol. The second kappa shape index (κ2) is 4.07. The third-order valence-electron chi connectivity index (χ3n) is 2.83. The molecule has 4 nitrogen and oxygen atoms in total. The first-order valence-electron chi connectivity index (χ1n) is 5.66. The Bertz CT molecular complexity index is 687. The molecule has 18 heavy (non-hydrogen) atoms. The van der Waals surface area contributed by atoms with Gasteiger partial charge in [-0.3, -0.25) is 0 Å². The number of nitrogens with zero attached hydrogens (tertiary/aromatic N) is 2. The fourth-order valence-corrected chi connectivity index (χ4v) is 1.96. The molecule has 0 amide bonds. The lowest BCUT2D eigenvalue weighted by molar-refractivity contribution is 0.475. The Morgan fingerprint density at radius 1 is 1.06 bits per heavy atom. The molecule has 2 aromatic heterocycles. The molecular formula is C14H12N2O2. The highest BCUT2D eigenvalue weighted by Crippen LogP contribution is 2.19. The number of fused-ring (bicyclic) bond motifs is 1. The van der Waals surface area contributed by atoms with Gasteiger partial charge >= 0.3 is 0 Å². The number of phenols is 1. The molecule has 3 rings (SSSR count). The summed E-state index contributed by atoms with van der Waals surface area (Å²) in [6.07, 6.45) is 4.41. The van der Waals surface area contributed by atoms with Crippen LogP contribution in [0.25, 0.3) is 5.65 Å². The van der Waals surface area contributed by atoms with E-state index in [1.54, 1.807) is 28.7 Å². The van der Waals surface area contributed by atoms with Crippen molar-refractivity contribution in [2.75, 3.05) is 0 Å². The quantitative estimate of drug-likeness (QED) is 0.722. The lowest BCUT2D eigenvalue weighted by Gasteiger charge is -1.97. The zero-order valence-electron chi connectivity index (χ0n) is 9.61. The van der Waals surface area contributed by atoms with Gasteiger partial charge in [0, 0.05) is 18.8 Å². The van der Waals surface area contributed by atoms with Gasteiger partial charge in [-0.05, 0) is 29.8 Å². The zero-order chi connectivity index (χ0) is 12.5. The summed E-state index contributed by atoms with van der Waals surface area (Å²) >= 11 is 0. The van der Waals surface area contributed by atoms with Crippen LogP contribution in [0.4, 0.5) is 0 Å². The van der Waals surface area contributed by atoms with Crippen LogP contribution in [0.3, 0.4) is 0 Å². The standard InChI is InChI=1S/C14H12N2O2/c17-12-5-3-10(4-6-12)8-11-9-16-7-1-2-13(18)14(16)15-11/h1-7,9,17-18H,8H2. The van der Waals surface area contributed by atoms with E-state index in [9.17, 15) is 10.2 Å². The maximum Gasteiger partial charge on any atom is 0.179 e. The van der Waals surface area contributed by atoms with Crippen molar-refractivity contribution < 1.29 is 10.2 Å². The summed E-state index contributed by atoms with van der Waals surface area (Å²) in [5.74, 6) is 0.431. The van der Waals surface area contributed by atoms with Gasteiger partial charge in [-0.1, -0.05) is 12.1 Å². The molecule has 2 N–H and O–H groups in total. The van der Waals surface area contributed by atoms with Crippen molar-refractivity contribution in [3.8, 4) is 11.5 Å². The third kappa shape index (κ3) is 1.88. The number of benzene rings is 1. The van der Waals surface area contributed by atoms with Gasteiger partial charge in [0.05, 0.1) is 5.69 Å². The van der Waals surface area contributed by atoms with Crippen molar-refractivity contribution in [3.63, 3.8) is 0 Å². The number of pyridine rings is 1. The minimum absolute atomic E-state index is 0.175. The topological polar surface area (TPSA) is 57.8 Å². The largest absolute Gasteiger partial charge is 0.508 e. The lowest BCUT2D eigenvalue weighted by atomic mass is 10.1. The van der Waals surface area contributed by atoms with Crippen molar-refractivity contribution in [2.24, 2.45) is 0 Å². The van der Waals surface area contributed by atoms with Gasteiger partial charge in [-0.15, -0.1) is 0 Å². The van der Waals surface area contributed by atoms with Crippen LogP contribution in [0.2, 0.25) is 0 Å². The fourth-order valence-electron chi connectivity index (χ4n) is 1.96. The highest BCUT2D eigenvalue weighted by molar-refractivity contribution is 5.53. The maximum atomic E-state index is 9.67. The molecule has 0 bridgehead atoms. The molecule has 0 aliphatic rings. The minimum Gasteiger partial charge on any atom is -0.508 e. The van der Waals surface area contributed by atoms with E-state index in [1.165, 1.54) is 0 Å². The fraction of sp³-hybridized carbons (Fsp3) is 0.0714. The second-order valence-corrected chi connectivity index (χ2v) is 4.20. The monoisotopic (exact) mass is 240 g/mol. The van der Waals surface area contributed by atoms with Crippen molar-refractivity contribution in [2.45, 2.75) is 6.42 Å². The SMILES string of the molecule is Oc1ccc(Cc2cn3cccc(O)c3n2)cc1. The van der Waals surface area contributed by atoms with Crippen LogP contribution >= 0.6 is 0 Å². The van der Waals surface area contributed by atoms with Crippen molar-refractivity contribution in [3.05, 3.63) is 60.0 Å². The first kappa shape index (κ1) is 10.7. The molecule has 0 aliphatic heterocycles. The van der Waals surface area contributed by atoms with Crippen LogP contribution in [0.1, 0.15) is 11.3 Å². The van der Waals surface area contributed by atoms with Crippen LogP contribution in [-0.4, -0.2) is 19.6 Å². The van der Waals surface area contributed by atoms with Gasteiger partial charge in [0.2, 0.25) is 0 Å². The van der Waals surface area contributed by atoms with Gasteiger partial charge in [-0.2, -0.15) is 0 Å². The number of aromatic nitrogens is 2. The Hall–Kier alpha value is -2.49. The molecule has 0 spiro atoms. The van der Waals surface area contributed by atoms with Crippen molar-refractivity contribution in [1.29, 1.82) is 0 Å². The highest BCUT2D eigenvalue weighted by Gasteiger charge is 2.05. The molecule has 3 aromatic rings. The minimum atomic E-state index is 0.175. The Kier molecular flexibility index (Phi) is 2.41. The van der Waals surface area contributed by atoms with E-state index in [0.717, 1.165) is 11.3 Å². The van der Waals surface area contributed by atoms with Gasteiger partial charge in [0.1, 0.15) is 5.75 Å².